The highest BCUT2D eigenvalue weighted by atomic mass is 35.5. The molecule has 0 fully saturated rings. The Bertz CT molecular complexity index is 1070. The topological polar surface area (TPSA) is 38.3 Å². The lowest BCUT2D eigenvalue weighted by Gasteiger charge is -2.15. The first-order valence-corrected chi connectivity index (χ1v) is 10.2. The summed E-state index contributed by atoms with van der Waals surface area (Å²) < 4.78 is 5.53. The largest absolute Gasteiger partial charge is 0.481 e. The number of carbonyl (C=O) groups excluding carboxylic acids is 1. The number of rotatable bonds is 8. The molecule has 3 nitrogen and oxygen atoms in total. The summed E-state index contributed by atoms with van der Waals surface area (Å²) in [4.78, 5) is 13.3. The minimum absolute atomic E-state index is 0.131. The van der Waals surface area contributed by atoms with Crippen LogP contribution >= 0.6 is 11.6 Å². The standard InChI is InChI=1S/C26H24ClNO2/c1-4-14-30-21-11-13-25(28-17-19-8-6-5-7-9-19)23(16-21)26(29)20-10-12-22(18(2)3)24(27)15-20/h1,5-13,15-16,18,28H,14,17H2,2-3H3. The van der Waals surface area contributed by atoms with Crippen molar-refractivity contribution in [3.63, 3.8) is 0 Å². The SMILES string of the molecule is C#CCOc1ccc(NCc2ccccc2)c(C(=O)c2ccc(C(C)C)c(Cl)c2)c1. The molecule has 0 atom stereocenters. The first kappa shape index (κ1) is 21.5. The van der Waals surface area contributed by atoms with Crippen LogP contribution in [0.5, 0.6) is 5.75 Å². The summed E-state index contributed by atoms with van der Waals surface area (Å²) in [6.45, 7) is 4.87. The van der Waals surface area contributed by atoms with E-state index in [1.54, 1.807) is 18.2 Å². The summed E-state index contributed by atoms with van der Waals surface area (Å²) in [7, 11) is 0. The fraction of sp³-hybridized carbons (Fsp3) is 0.192. The van der Waals surface area contributed by atoms with E-state index in [-0.39, 0.29) is 18.3 Å². The quantitative estimate of drug-likeness (QED) is 0.344. The van der Waals surface area contributed by atoms with Crippen LogP contribution in [-0.4, -0.2) is 12.4 Å². The van der Waals surface area contributed by atoms with Gasteiger partial charge in [-0.1, -0.05) is 73.8 Å². The fourth-order valence-corrected chi connectivity index (χ4v) is 3.56. The molecule has 3 aromatic rings. The molecule has 0 aliphatic heterocycles. The van der Waals surface area contributed by atoms with Crippen molar-refractivity contribution in [2.75, 3.05) is 11.9 Å². The molecule has 0 saturated heterocycles. The number of carbonyl (C=O) groups is 1. The highest BCUT2D eigenvalue weighted by Crippen LogP contribution is 2.29. The van der Waals surface area contributed by atoms with Crippen molar-refractivity contribution in [1.82, 2.24) is 0 Å². The van der Waals surface area contributed by atoms with Crippen molar-refractivity contribution in [1.29, 1.82) is 0 Å². The average Bonchev–Trinajstić information content (AvgIpc) is 2.76. The van der Waals surface area contributed by atoms with Crippen molar-refractivity contribution in [3.8, 4) is 18.1 Å². The highest BCUT2D eigenvalue weighted by Gasteiger charge is 2.17. The molecule has 152 valence electrons. The first-order valence-electron chi connectivity index (χ1n) is 9.82. The van der Waals surface area contributed by atoms with Gasteiger partial charge in [0.15, 0.2) is 5.78 Å². The van der Waals surface area contributed by atoms with Crippen molar-refractivity contribution in [2.45, 2.75) is 26.3 Å². The van der Waals surface area contributed by atoms with E-state index in [0.29, 0.717) is 28.4 Å². The minimum Gasteiger partial charge on any atom is -0.481 e. The maximum atomic E-state index is 13.3. The average molecular weight is 418 g/mol. The number of ether oxygens (including phenoxy) is 1. The smallest absolute Gasteiger partial charge is 0.195 e. The molecule has 0 amide bonds. The Hall–Kier alpha value is -3.22. The van der Waals surface area contributed by atoms with Gasteiger partial charge < -0.3 is 10.1 Å². The van der Waals surface area contributed by atoms with Gasteiger partial charge in [-0.2, -0.15) is 0 Å². The molecule has 0 aliphatic rings. The zero-order valence-corrected chi connectivity index (χ0v) is 17.9. The summed E-state index contributed by atoms with van der Waals surface area (Å²) in [5.41, 5.74) is 3.89. The van der Waals surface area contributed by atoms with Crippen molar-refractivity contribution >= 4 is 23.1 Å². The Balaban J connectivity index is 1.93. The van der Waals surface area contributed by atoms with Crippen molar-refractivity contribution in [3.05, 3.63) is 94.0 Å². The summed E-state index contributed by atoms with van der Waals surface area (Å²) in [6.07, 6.45) is 5.29. The van der Waals surface area contributed by atoms with E-state index in [4.69, 9.17) is 22.8 Å². The molecule has 0 aliphatic carbocycles. The van der Waals surface area contributed by atoms with Gasteiger partial charge in [-0.15, -0.1) is 6.42 Å². The molecular weight excluding hydrogens is 394 g/mol. The van der Waals surface area contributed by atoms with Gasteiger partial charge in [0.2, 0.25) is 0 Å². The minimum atomic E-state index is -0.131. The van der Waals surface area contributed by atoms with E-state index >= 15 is 0 Å². The first-order chi connectivity index (χ1) is 14.5. The Morgan fingerprint density at radius 3 is 2.53 bits per heavy atom. The van der Waals surface area contributed by atoms with Crippen LogP contribution < -0.4 is 10.1 Å². The summed E-state index contributed by atoms with van der Waals surface area (Å²) >= 11 is 6.42. The number of halogens is 1. The number of anilines is 1. The second-order valence-electron chi connectivity index (χ2n) is 7.26. The molecule has 0 bridgehead atoms. The summed E-state index contributed by atoms with van der Waals surface area (Å²) in [5, 5.41) is 3.95. The van der Waals surface area contributed by atoms with Crippen LogP contribution in [0.3, 0.4) is 0 Å². The van der Waals surface area contributed by atoms with Crippen LogP contribution in [0.1, 0.15) is 46.8 Å². The third kappa shape index (κ3) is 5.23. The third-order valence-electron chi connectivity index (χ3n) is 4.77. The molecule has 30 heavy (non-hydrogen) atoms. The van der Waals surface area contributed by atoms with Gasteiger partial charge in [0.1, 0.15) is 12.4 Å². The number of ketones is 1. The normalized spacial score (nSPS) is 10.5. The molecule has 0 heterocycles. The van der Waals surface area contributed by atoms with E-state index in [2.05, 4.69) is 25.1 Å². The predicted molar refractivity (Wildman–Crippen MR) is 124 cm³/mol. The molecule has 0 aromatic heterocycles. The van der Waals surface area contributed by atoms with Gasteiger partial charge in [-0.3, -0.25) is 4.79 Å². The highest BCUT2D eigenvalue weighted by molar-refractivity contribution is 6.32. The lowest BCUT2D eigenvalue weighted by atomic mass is 9.97. The van der Waals surface area contributed by atoms with Gasteiger partial charge in [-0.05, 0) is 41.3 Å². The number of hydrogen-bond acceptors (Lipinski definition) is 3. The molecule has 4 heteroatoms. The molecule has 1 N–H and O–H groups in total. The van der Waals surface area contributed by atoms with Gasteiger partial charge in [-0.25, -0.2) is 0 Å². The Morgan fingerprint density at radius 1 is 1.10 bits per heavy atom. The zero-order valence-electron chi connectivity index (χ0n) is 17.1. The van der Waals surface area contributed by atoms with Crippen LogP contribution in [0.2, 0.25) is 5.02 Å². The van der Waals surface area contributed by atoms with Crippen LogP contribution in [0.25, 0.3) is 0 Å². The number of benzene rings is 3. The van der Waals surface area contributed by atoms with Crippen LogP contribution in [0.4, 0.5) is 5.69 Å². The molecule has 3 rings (SSSR count). The second kappa shape index (κ2) is 10.0. The van der Waals surface area contributed by atoms with E-state index < -0.39 is 0 Å². The monoisotopic (exact) mass is 417 g/mol. The lowest BCUT2D eigenvalue weighted by molar-refractivity contribution is 0.103. The van der Waals surface area contributed by atoms with Crippen LogP contribution in [0.15, 0.2) is 66.7 Å². The third-order valence-corrected chi connectivity index (χ3v) is 5.10. The maximum Gasteiger partial charge on any atom is 0.195 e. The Morgan fingerprint density at radius 2 is 1.87 bits per heavy atom. The zero-order chi connectivity index (χ0) is 21.5. The maximum absolute atomic E-state index is 13.3. The van der Waals surface area contributed by atoms with Gasteiger partial charge >= 0.3 is 0 Å². The number of hydrogen-bond donors (Lipinski definition) is 1. The van der Waals surface area contributed by atoms with E-state index in [9.17, 15) is 4.79 Å². The predicted octanol–water partition coefficient (Wildman–Crippen LogP) is 6.32. The molecule has 0 saturated carbocycles. The van der Waals surface area contributed by atoms with Gasteiger partial charge in [0, 0.05) is 28.4 Å². The molecule has 0 unspecified atom stereocenters. The Labute approximate surface area is 183 Å². The summed E-state index contributed by atoms with van der Waals surface area (Å²) in [6, 6.07) is 20.8. The van der Waals surface area contributed by atoms with Crippen LogP contribution in [-0.2, 0) is 6.54 Å². The fourth-order valence-electron chi connectivity index (χ4n) is 3.17. The molecule has 0 radical (unpaired) electrons. The molecular formula is C26H24ClNO2. The molecule has 0 spiro atoms. The molecule has 3 aromatic carbocycles. The van der Waals surface area contributed by atoms with Gasteiger partial charge in [0.25, 0.3) is 0 Å². The van der Waals surface area contributed by atoms with E-state index in [0.717, 1.165) is 16.8 Å². The Kier molecular flexibility index (Phi) is 7.17. The van der Waals surface area contributed by atoms with Crippen LogP contribution in [0, 0.1) is 12.3 Å². The van der Waals surface area contributed by atoms with Crippen molar-refractivity contribution < 1.29 is 9.53 Å². The van der Waals surface area contributed by atoms with E-state index in [1.165, 1.54) is 0 Å². The number of terminal acetylenes is 1. The van der Waals surface area contributed by atoms with E-state index in [1.807, 2.05) is 48.5 Å². The number of nitrogens with one attached hydrogen (secondary N) is 1. The summed E-state index contributed by atoms with van der Waals surface area (Å²) in [5.74, 6) is 3.14. The second-order valence-corrected chi connectivity index (χ2v) is 7.67. The van der Waals surface area contributed by atoms with Gasteiger partial charge in [0.05, 0.1) is 0 Å². The lowest BCUT2D eigenvalue weighted by Crippen LogP contribution is -2.09. The van der Waals surface area contributed by atoms with Crippen molar-refractivity contribution in [2.24, 2.45) is 0 Å².